The summed E-state index contributed by atoms with van der Waals surface area (Å²) in [5.74, 6) is 0.545. The lowest BCUT2D eigenvalue weighted by Gasteiger charge is -2.38. The van der Waals surface area contributed by atoms with E-state index in [0.29, 0.717) is 5.75 Å². The molecule has 2 aliphatic heterocycles. The first-order valence-corrected chi connectivity index (χ1v) is 8.48. The van der Waals surface area contributed by atoms with Gasteiger partial charge in [0.05, 0.1) is 5.41 Å². The number of amides is 1. The van der Waals surface area contributed by atoms with Gasteiger partial charge >= 0.3 is 0 Å². The van der Waals surface area contributed by atoms with Gasteiger partial charge in [-0.1, -0.05) is 30.3 Å². The number of hydrogen-bond acceptors (Lipinski definition) is 3. The van der Waals surface area contributed by atoms with Crippen LogP contribution >= 0.6 is 0 Å². The van der Waals surface area contributed by atoms with Crippen LogP contribution in [0, 0.1) is 0 Å². The maximum Gasteiger partial charge on any atom is 0.237 e. The predicted octanol–water partition coefficient (Wildman–Crippen LogP) is 2.90. The standard InChI is InChI=1S/C20H22N2O2/c1-21-18-8-3-2-7-17(18)20(19(21)24)9-11-22(12-10-20)14-15-5-4-6-16(23)13-15/h2-8,13,23H,9-12,14H2,1H3. The first-order valence-electron chi connectivity index (χ1n) is 8.48. The number of carbonyl (C=O) groups excluding carboxylic acids is 1. The third kappa shape index (κ3) is 2.29. The van der Waals surface area contributed by atoms with Crippen molar-refractivity contribution in [2.24, 2.45) is 0 Å². The van der Waals surface area contributed by atoms with E-state index >= 15 is 0 Å². The second-order valence-electron chi connectivity index (χ2n) is 6.91. The zero-order chi connectivity index (χ0) is 16.7. The summed E-state index contributed by atoms with van der Waals surface area (Å²) in [5.41, 5.74) is 3.01. The average molecular weight is 322 g/mol. The van der Waals surface area contributed by atoms with Gasteiger partial charge in [0, 0.05) is 19.3 Å². The van der Waals surface area contributed by atoms with E-state index in [1.54, 1.807) is 6.07 Å². The predicted molar refractivity (Wildman–Crippen MR) is 94.1 cm³/mol. The highest BCUT2D eigenvalue weighted by Gasteiger charge is 2.50. The van der Waals surface area contributed by atoms with E-state index in [1.807, 2.05) is 48.3 Å². The van der Waals surface area contributed by atoms with Crippen molar-refractivity contribution in [3.63, 3.8) is 0 Å². The molecule has 0 bridgehead atoms. The number of piperidine rings is 1. The van der Waals surface area contributed by atoms with Crippen molar-refractivity contribution in [2.75, 3.05) is 25.0 Å². The summed E-state index contributed by atoms with van der Waals surface area (Å²) in [6.45, 7) is 2.60. The highest BCUT2D eigenvalue weighted by molar-refractivity contribution is 6.07. The van der Waals surface area contributed by atoms with Gasteiger partial charge < -0.3 is 10.0 Å². The fraction of sp³-hybridized carbons (Fsp3) is 0.350. The number of aromatic hydroxyl groups is 1. The monoisotopic (exact) mass is 322 g/mol. The van der Waals surface area contributed by atoms with Crippen LogP contribution in [0.1, 0.15) is 24.0 Å². The lowest BCUT2D eigenvalue weighted by Crippen LogP contribution is -2.47. The number of fused-ring (bicyclic) bond motifs is 2. The SMILES string of the molecule is CN1C(=O)C2(CCN(Cc3cccc(O)c3)CC2)c2ccccc21. The number of para-hydroxylation sites is 1. The minimum atomic E-state index is -0.347. The Morgan fingerprint density at radius 3 is 2.58 bits per heavy atom. The van der Waals surface area contributed by atoms with E-state index in [1.165, 1.54) is 5.56 Å². The molecule has 0 radical (unpaired) electrons. The van der Waals surface area contributed by atoms with Gasteiger partial charge in [-0.3, -0.25) is 9.69 Å². The van der Waals surface area contributed by atoms with Gasteiger partial charge in [0.1, 0.15) is 5.75 Å². The van der Waals surface area contributed by atoms with E-state index in [-0.39, 0.29) is 11.3 Å². The molecule has 4 nitrogen and oxygen atoms in total. The fourth-order valence-electron chi connectivity index (χ4n) is 4.21. The lowest BCUT2D eigenvalue weighted by molar-refractivity contribution is -0.124. The number of nitrogens with zero attached hydrogens (tertiary/aromatic N) is 2. The van der Waals surface area contributed by atoms with E-state index in [9.17, 15) is 9.90 Å². The topological polar surface area (TPSA) is 43.8 Å². The molecule has 0 aliphatic carbocycles. The molecule has 124 valence electrons. The van der Waals surface area contributed by atoms with E-state index < -0.39 is 0 Å². The quantitative estimate of drug-likeness (QED) is 0.924. The van der Waals surface area contributed by atoms with Crippen LogP contribution < -0.4 is 4.90 Å². The number of hydrogen-bond donors (Lipinski definition) is 1. The molecule has 24 heavy (non-hydrogen) atoms. The van der Waals surface area contributed by atoms with Gasteiger partial charge in [0.25, 0.3) is 0 Å². The number of likely N-dealkylation sites (tertiary alicyclic amines) is 1. The maximum atomic E-state index is 12.9. The Labute approximate surface area is 142 Å². The normalized spacial score (nSPS) is 19.7. The Balaban J connectivity index is 1.53. The molecule has 2 aromatic rings. The van der Waals surface area contributed by atoms with Crippen LogP contribution in [-0.4, -0.2) is 36.1 Å². The number of benzene rings is 2. The van der Waals surface area contributed by atoms with Gasteiger partial charge in [-0.2, -0.15) is 0 Å². The Morgan fingerprint density at radius 2 is 1.83 bits per heavy atom. The van der Waals surface area contributed by atoms with Gasteiger partial charge in [0.2, 0.25) is 5.91 Å². The number of carbonyl (C=O) groups is 1. The smallest absolute Gasteiger partial charge is 0.237 e. The lowest BCUT2D eigenvalue weighted by atomic mass is 9.73. The van der Waals surface area contributed by atoms with E-state index in [4.69, 9.17) is 0 Å². The van der Waals surface area contributed by atoms with E-state index in [0.717, 1.165) is 43.7 Å². The summed E-state index contributed by atoms with van der Waals surface area (Å²) in [7, 11) is 1.88. The third-order valence-electron chi connectivity index (χ3n) is 5.52. The Hall–Kier alpha value is -2.33. The summed E-state index contributed by atoms with van der Waals surface area (Å²) in [6.07, 6.45) is 1.71. The van der Waals surface area contributed by atoms with Crippen molar-refractivity contribution in [2.45, 2.75) is 24.8 Å². The summed E-state index contributed by atoms with van der Waals surface area (Å²) in [4.78, 5) is 17.1. The van der Waals surface area contributed by atoms with Gasteiger partial charge in [-0.15, -0.1) is 0 Å². The molecule has 4 heteroatoms. The molecule has 2 aliphatic rings. The van der Waals surface area contributed by atoms with Crippen molar-refractivity contribution >= 4 is 11.6 Å². The number of rotatable bonds is 2. The highest BCUT2D eigenvalue weighted by atomic mass is 16.3. The maximum absolute atomic E-state index is 12.9. The Morgan fingerprint density at radius 1 is 1.08 bits per heavy atom. The summed E-state index contributed by atoms with van der Waals surface area (Å²) < 4.78 is 0. The molecule has 1 amide bonds. The summed E-state index contributed by atoms with van der Waals surface area (Å²) in [5, 5.41) is 9.61. The first-order chi connectivity index (χ1) is 11.6. The Bertz CT molecular complexity index is 779. The van der Waals surface area contributed by atoms with Crippen molar-refractivity contribution in [1.29, 1.82) is 0 Å². The zero-order valence-electron chi connectivity index (χ0n) is 13.9. The second kappa shape index (κ2) is 5.64. The van der Waals surface area contributed by atoms with Gasteiger partial charge in [0.15, 0.2) is 0 Å². The number of phenolic OH excluding ortho intramolecular Hbond substituents is 1. The van der Waals surface area contributed by atoms with Crippen LogP contribution in [0.15, 0.2) is 48.5 Å². The van der Waals surface area contributed by atoms with Crippen molar-refractivity contribution < 1.29 is 9.90 Å². The Kier molecular flexibility index (Phi) is 3.57. The molecular formula is C20H22N2O2. The molecule has 0 unspecified atom stereocenters. The van der Waals surface area contributed by atoms with Crippen LogP contribution in [0.2, 0.25) is 0 Å². The molecule has 2 aromatic carbocycles. The molecule has 1 saturated heterocycles. The van der Waals surface area contributed by atoms with Gasteiger partial charge in [-0.05, 0) is 55.3 Å². The highest BCUT2D eigenvalue weighted by Crippen LogP contribution is 2.47. The van der Waals surface area contributed by atoms with Crippen LogP contribution in [0.4, 0.5) is 5.69 Å². The molecule has 0 saturated carbocycles. The molecule has 0 aromatic heterocycles. The van der Waals surface area contributed by atoms with Crippen molar-refractivity contribution in [3.05, 3.63) is 59.7 Å². The first kappa shape index (κ1) is 15.2. The molecular weight excluding hydrogens is 300 g/mol. The minimum Gasteiger partial charge on any atom is -0.508 e. The number of phenols is 1. The molecule has 2 heterocycles. The molecule has 0 atom stereocenters. The molecule has 4 rings (SSSR count). The summed E-state index contributed by atoms with van der Waals surface area (Å²) in [6, 6.07) is 15.6. The minimum absolute atomic E-state index is 0.237. The van der Waals surface area contributed by atoms with Crippen molar-refractivity contribution in [3.8, 4) is 5.75 Å². The van der Waals surface area contributed by atoms with Crippen LogP contribution in [0.5, 0.6) is 5.75 Å². The van der Waals surface area contributed by atoms with Crippen LogP contribution in [-0.2, 0) is 16.8 Å². The average Bonchev–Trinajstić information content (AvgIpc) is 2.80. The van der Waals surface area contributed by atoms with Gasteiger partial charge in [-0.25, -0.2) is 0 Å². The van der Waals surface area contributed by atoms with Crippen molar-refractivity contribution in [1.82, 2.24) is 4.90 Å². The van der Waals surface area contributed by atoms with E-state index in [2.05, 4.69) is 11.0 Å². The summed E-state index contributed by atoms with van der Waals surface area (Å²) >= 11 is 0. The largest absolute Gasteiger partial charge is 0.508 e. The van der Waals surface area contributed by atoms with Crippen LogP contribution in [0.3, 0.4) is 0 Å². The zero-order valence-corrected chi connectivity index (χ0v) is 13.9. The molecule has 1 fully saturated rings. The number of likely N-dealkylation sites (N-methyl/N-ethyl adjacent to an activating group) is 1. The third-order valence-corrected chi connectivity index (χ3v) is 5.52. The molecule has 1 N–H and O–H groups in total. The fourth-order valence-corrected chi connectivity index (χ4v) is 4.21. The number of anilines is 1. The second-order valence-corrected chi connectivity index (χ2v) is 6.91. The van der Waals surface area contributed by atoms with Crippen LogP contribution in [0.25, 0.3) is 0 Å². The molecule has 1 spiro atoms.